The number of alkyl halides is 3. The molecule has 0 spiro atoms. The maximum atomic E-state index is 14.1. The van der Waals surface area contributed by atoms with Crippen LogP contribution < -0.4 is 5.32 Å². The van der Waals surface area contributed by atoms with Gasteiger partial charge in [0.2, 0.25) is 0 Å². The molecule has 0 saturated heterocycles. The second kappa shape index (κ2) is 6.11. The number of hydrogen-bond acceptors (Lipinski definition) is 1. The van der Waals surface area contributed by atoms with Gasteiger partial charge < -0.3 is 5.32 Å². The molecule has 2 unspecified atom stereocenters. The minimum atomic E-state index is -4.81. The molecule has 0 saturated carbocycles. The third-order valence-corrected chi connectivity index (χ3v) is 5.26. The third kappa shape index (κ3) is 2.87. The Morgan fingerprint density at radius 1 is 1.08 bits per heavy atom. The topological polar surface area (TPSA) is 29.1 Å². The van der Waals surface area contributed by atoms with E-state index in [9.17, 15) is 22.4 Å². The Labute approximate surface area is 149 Å². The molecule has 0 aliphatic heterocycles. The summed E-state index contributed by atoms with van der Waals surface area (Å²) >= 11 is 0. The molecule has 0 heterocycles. The highest BCUT2D eigenvalue weighted by Crippen LogP contribution is 2.46. The number of nitrogens with one attached hydrogen (secondary N) is 1. The molecule has 138 valence electrons. The largest absolute Gasteiger partial charge is 0.417 e. The number of carbonyl (C=O) groups is 1. The molecule has 0 aromatic heterocycles. The Morgan fingerprint density at radius 2 is 1.73 bits per heavy atom. The van der Waals surface area contributed by atoms with Crippen molar-refractivity contribution >= 4 is 5.91 Å². The van der Waals surface area contributed by atoms with E-state index in [1.807, 2.05) is 45.0 Å². The summed E-state index contributed by atoms with van der Waals surface area (Å²) in [7, 11) is 0. The highest BCUT2D eigenvalue weighted by Gasteiger charge is 2.46. The van der Waals surface area contributed by atoms with Crippen LogP contribution in [0, 0.1) is 5.82 Å². The highest BCUT2D eigenvalue weighted by atomic mass is 19.4. The van der Waals surface area contributed by atoms with Gasteiger partial charge in [0.05, 0.1) is 11.1 Å². The molecule has 0 radical (unpaired) electrons. The van der Waals surface area contributed by atoms with Gasteiger partial charge in [0, 0.05) is 17.4 Å². The van der Waals surface area contributed by atoms with Gasteiger partial charge >= 0.3 is 6.18 Å². The van der Waals surface area contributed by atoms with E-state index in [0.29, 0.717) is 0 Å². The Balaban J connectivity index is 1.98. The average molecular weight is 365 g/mol. The second-order valence-corrected chi connectivity index (χ2v) is 7.21. The van der Waals surface area contributed by atoms with Gasteiger partial charge in [-0.1, -0.05) is 51.1 Å². The number of rotatable bonds is 2. The fourth-order valence-electron chi connectivity index (χ4n) is 3.96. The summed E-state index contributed by atoms with van der Waals surface area (Å²) in [5.41, 5.74) is -0.653. The maximum Gasteiger partial charge on any atom is 0.417 e. The van der Waals surface area contributed by atoms with Crippen LogP contribution in [0.1, 0.15) is 53.7 Å². The van der Waals surface area contributed by atoms with E-state index >= 15 is 0 Å². The summed E-state index contributed by atoms with van der Waals surface area (Å²) in [6.45, 7) is 5.75. The van der Waals surface area contributed by atoms with E-state index in [1.165, 1.54) is 0 Å². The first-order valence-electron chi connectivity index (χ1n) is 8.31. The first kappa shape index (κ1) is 18.4. The van der Waals surface area contributed by atoms with Crippen LogP contribution in [0.4, 0.5) is 17.6 Å². The molecule has 2 nitrogen and oxygen atoms in total. The van der Waals surface area contributed by atoms with Crippen molar-refractivity contribution in [2.24, 2.45) is 0 Å². The van der Waals surface area contributed by atoms with E-state index in [2.05, 4.69) is 5.32 Å². The standard InChI is InChI=1S/C20H19F4NO/c1-11-12-7-4-5-8-13(12)19(2,3)17(11)25-18(26)16-14(20(22,23)24)9-6-10-15(16)21/h4-11,17H,1-3H3,(H,25,26). The molecule has 1 aliphatic carbocycles. The van der Waals surface area contributed by atoms with Gasteiger partial charge in [-0.25, -0.2) is 4.39 Å². The lowest BCUT2D eigenvalue weighted by Crippen LogP contribution is -2.47. The van der Waals surface area contributed by atoms with E-state index in [0.717, 1.165) is 29.3 Å². The van der Waals surface area contributed by atoms with Crippen LogP contribution in [-0.4, -0.2) is 11.9 Å². The van der Waals surface area contributed by atoms with Gasteiger partial charge in [0.15, 0.2) is 0 Å². The van der Waals surface area contributed by atoms with E-state index in [4.69, 9.17) is 0 Å². The van der Waals surface area contributed by atoms with Crippen molar-refractivity contribution in [3.63, 3.8) is 0 Å². The molecule has 0 bridgehead atoms. The Kier molecular flexibility index (Phi) is 4.33. The van der Waals surface area contributed by atoms with Crippen molar-refractivity contribution in [3.05, 3.63) is 70.5 Å². The highest BCUT2D eigenvalue weighted by molar-refractivity contribution is 5.96. The summed E-state index contributed by atoms with van der Waals surface area (Å²) in [6.07, 6.45) is -4.81. The van der Waals surface area contributed by atoms with E-state index in [-0.39, 0.29) is 5.92 Å². The SMILES string of the molecule is CC1c2ccccc2C(C)(C)C1NC(=O)c1c(F)cccc1C(F)(F)F. The minimum absolute atomic E-state index is 0.105. The van der Waals surface area contributed by atoms with E-state index < -0.39 is 40.5 Å². The Hall–Kier alpha value is -2.37. The van der Waals surface area contributed by atoms with Crippen LogP contribution in [-0.2, 0) is 11.6 Å². The lowest BCUT2D eigenvalue weighted by Gasteiger charge is -2.31. The van der Waals surface area contributed by atoms with Crippen molar-refractivity contribution in [1.29, 1.82) is 0 Å². The number of hydrogen-bond donors (Lipinski definition) is 1. The quantitative estimate of drug-likeness (QED) is 0.743. The van der Waals surface area contributed by atoms with Crippen molar-refractivity contribution in [3.8, 4) is 0 Å². The molecule has 1 N–H and O–H groups in total. The first-order valence-corrected chi connectivity index (χ1v) is 8.31. The number of fused-ring (bicyclic) bond motifs is 1. The number of carbonyl (C=O) groups excluding carboxylic acids is 1. The van der Waals surface area contributed by atoms with Crippen molar-refractivity contribution in [1.82, 2.24) is 5.32 Å². The number of halogens is 4. The average Bonchev–Trinajstić information content (AvgIpc) is 2.75. The summed E-state index contributed by atoms with van der Waals surface area (Å²) in [6, 6.07) is 9.74. The molecule has 3 rings (SSSR count). The molecule has 26 heavy (non-hydrogen) atoms. The van der Waals surface area contributed by atoms with Crippen LogP contribution in [0.2, 0.25) is 0 Å². The van der Waals surface area contributed by atoms with Crippen LogP contribution in [0.3, 0.4) is 0 Å². The lowest BCUT2D eigenvalue weighted by atomic mass is 9.81. The Bertz CT molecular complexity index is 857. The zero-order valence-electron chi connectivity index (χ0n) is 14.6. The molecule has 1 aliphatic rings. The summed E-state index contributed by atoms with van der Waals surface area (Å²) in [5, 5.41) is 2.66. The van der Waals surface area contributed by atoms with Crippen LogP contribution in [0.25, 0.3) is 0 Å². The van der Waals surface area contributed by atoms with Gasteiger partial charge in [0.1, 0.15) is 5.82 Å². The molecule has 2 aromatic rings. The van der Waals surface area contributed by atoms with Crippen molar-refractivity contribution < 1.29 is 22.4 Å². The smallest absolute Gasteiger partial charge is 0.348 e. The van der Waals surface area contributed by atoms with Crippen molar-refractivity contribution in [2.45, 2.75) is 44.3 Å². The molecule has 1 amide bonds. The van der Waals surface area contributed by atoms with Crippen LogP contribution in [0.15, 0.2) is 42.5 Å². The van der Waals surface area contributed by atoms with Gasteiger partial charge in [-0.3, -0.25) is 4.79 Å². The predicted octanol–water partition coefficient (Wildman–Crippen LogP) is 5.04. The molecular formula is C20H19F4NO. The lowest BCUT2D eigenvalue weighted by molar-refractivity contribution is -0.138. The molecule has 2 aromatic carbocycles. The van der Waals surface area contributed by atoms with Crippen molar-refractivity contribution in [2.75, 3.05) is 0 Å². The second-order valence-electron chi connectivity index (χ2n) is 7.21. The molecule has 6 heteroatoms. The van der Waals surface area contributed by atoms with Crippen LogP contribution >= 0.6 is 0 Å². The molecular weight excluding hydrogens is 346 g/mol. The summed E-state index contributed by atoms with van der Waals surface area (Å²) < 4.78 is 53.7. The Morgan fingerprint density at radius 3 is 2.35 bits per heavy atom. The molecule has 2 atom stereocenters. The maximum absolute atomic E-state index is 14.1. The fraction of sp³-hybridized carbons (Fsp3) is 0.350. The summed E-state index contributed by atoms with van der Waals surface area (Å²) in [4.78, 5) is 12.6. The number of amides is 1. The van der Waals surface area contributed by atoms with Gasteiger partial charge in [-0.05, 0) is 23.3 Å². The minimum Gasteiger partial charge on any atom is -0.348 e. The van der Waals surface area contributed by atoms with Crippen LogP contribution in [0.5, 0.6) is 0 Å². The zero-order valence-corrected chi connectivity index (χ0v) is 14.6. The van der Waals surface area contributed by atoms with Gasteiger partial charge in [0.25, 0.3) is 5.91 Å². The summed E-state index contributed by atoms with van der Waals surface area (Å²) in [5.74, 6) is -2.34. The van der Waals surface area contributed by atoms with Gasteiger partial charge in [-0.2, -0.15) is 13.2 Å². The third-order valence-electron chi connectivity index (χ3n) is 5.26. The molecule has 0 fully saturated rings. The monoisotopic (exact) mass is 365 g/mol. The zero-order chi connectivity index (χ0) is 19.3. The predicted molar refractivity (Wildman–Crippen MR) is 90.5 cm³/mol. The number of benzene rings is 2. The normalized spacial score (nSPS) is 21.3. The first-order chi connectivity index (χ1) is 12.0. The van der Waals surface area contributed by atoms with Gasteiger partial charge in [-0.15, -0.1) is 0 Å². The fourth-order valence-corrected chi connectivity index (χ4v) is 3.96. The van der Waals surface area contributed by atoms with E-state index in [1.54, 1.807) is 0 Å².